The SMILES string of the molecule is O=C(O)CNC(=O)C1C(=O)CC2(CCCCC2)N(Cc2cnc(-c3ccccc3)s2)C1=O. The number of hydrogen-bond acceptors (Lipinski definition) is 6. The minimum absolute atomic E-state index is 0.119. The molecule has 2 N–H and O–H groups in total. The van der Waals surface area contributed by atoms with Gasteiger partial charge in [0.15, 0.2) is 11.7 Å². The minimum atomic E-state index is -1.50. The fourth-order valence-electron chi connectivity index (χ4n) is 4.73. The fourth-order valence-corrected chi connectivity index (χ4v) is 5.63. The zero-order valence-corrected chi connectivity index (χ0v) is 18.4. The fraction of sp³-hybridized carbons (Fsp3) is 0.435. The highest BCUT2D eigenvalue weighted by atomic mass is 32.1. The van der Waals surface area contributed by atoms with Gasteiger partial charge in [-0.05, 0) is 12.8 Å². The number of carbonyl (C=O) groups excluding carboxylic acids is 3. The number of hydrogen-bond donors (Lipinski definition) is 2. The third-order valence-electron chi connectivity index (χ3n) is 6.26. The number of carboxylic acid groups (broad SMARTS) is 1. The van der Waals surface area contributed by atoms with Gasteiger partial charge in [0.1, 0.15) is 11.6 Å². The number of Topliss-reactive ketones (excluding diaryl/α,β-unsaturated/α-hetero) is 1. The molecule has 1 aromatic heterocycles. The molecular weight excluding hydrogens is 430 g/mol. The van der Waals surface area contributed by atoms with Gasteiger partial charge < -0.3 is 15.3 Å². The second-order valence-corrected chi connectivity index (χ2v) is 9.51. The van der Waals surface area contributed by atoms with E-state index in [4.69, 9.17) is 5.11 Å². The Morgan fingerprint density at radius 3 is 2.56 bits per heavy atom. The molecule has 0 bridgehead atoms. The molecule has 1 aliphatic carbocycles. The highest BCUT2D eigenvalue weighted by Crippen LogP contribution is 2.42. The van der Waals surface area contributed by atoms with Crippen molar-refractivity contribution < 1.29 is 24.3 Å². The number of carbonyl (C=O) groups is 4. The zero-order chi connectivity index (χ0) is 22.7. The summed E-state index contributed by atoms with van der Waals surface area (Å²) in [5.74, 6) is -4.53. The summed E-state index contributed by atoms with van der Waals surface area (Å²) < 4.78 is 0. The summed E-state index contributed by atoms with van der Waals surface area (Å²) in [4.78, 5) is 56.8. The summed E-state index contributed by atoms with van der Waals surface area (Å²) in [6, 6.07) is 9.75. The number of ketones is 1. The Balaban J connectivity index is 1.61. The number of amides is 2. The third kappa shape index (κ3) is 4.43. The maximum atomic E-state index is 13.5. The number of carboxylic acids is 1. The average Bonchev–Trinajstić information content (AvgIpc) is 3.25. The van der Waals surface area contributed by atoms with Crippen molar-refractivity contribution >= 4 is 34.9 Å². The zero-order valence-electron chi connectivity index (χ0n) is 17.6. The molecule has 1 aliphatic heterocycles. The molecule has 4 rings (SSSR count). The van der Waals surface area contributed by atoms with E-state index in [1.807, 2.05) is 30.3 Å². The first-order valence-electron chi connectivity index (χ1n) is 10.7. The first kappa shape index (κ1) is 22.1. The predicted molar refractivity (Wildman–Crippen MR) is 118 cm³/mol. The quantitative estimate of drug-likeness (QED) is 0.647. The van der Waals surface area contributed by atoms with Crippen molar-refractivity contribution in [1.82, 2.24) is 15.2 Å². The molecule has 2 heterocycles. The van der Waals surface area contributed by atoms with E-state index in [9.17, 15) is 19.2 Å². The number of rotatable bonds is 6. The minimum Gasteiger partial charge on any atom is -0.480 e. The van der Waals surface area contributed by atoms with E-state index in [0.29, 0.717) is 0 Å². The van der Waals surface area contributed by atoms with E-state index >= 15 is 0 Å². The van der Waals surface area contributed by atoms with E-state index in [-0.39, 0.29) is 13.0 Å². The molecule has 1 unspecified atom stereocenters. The number of piperidine rings is 1. The normalized spacial score (nSPS) is 20.4. The average molecular weight is 456 g/mol. The summed E-state index contributed by atoms with van der Waals surface area (Å²) in [5.41, 5.74) is 0.398. The van der Waals surface area contributed by atoms with Gasteiger partial charge in [0.2, 0.25) is 11.8 Å². The first-order chi connectivity index (χ1) is 15.4. The lowest BCUT2D eigenvalue weighted by atomic mass is 9.71. The summed E-state index contributed by atoms with van der Waals surface area (Å²) >= 11 is 1.49. The van der Waals surface area contributed by atoms with Gasteiger partial charge in [-0.3, -0.25) is 19.2 Å². The summed E-state index contributed by atoms with van der Waals surface area (Å²) in [7, 11) is 0. The molecule has 1 spiro atoms. The van der Waals surface area contributed by atoms with Crippen LogP contribution in [0.3, 0.4) is 0 Å². The molecule has 168 valence electrons. The van der Waals surface area contributed by atoms with Crippen molar-refractivity contribution in [3.8, 4) is 10.6 Å². The van der Waals surface area contributed by atoms with Crippen molar-refractivity contribution in [2.75, 3.05) is 6.54 Å². The number of nitrogens with zero attached hydrogens (tertiary/aromatic N) is 2. The Labute approximate surface area is 189 Å². The molecule has 1 atom stereocenters. The number of aromatic nitrogens is 1. The van der Waals surface area contributed by atoms with Gasteiger partial charge in [0.25, 0.3) is 0 Å². The van der Waals surface area contributed by atoms with Gasteiger partial charge in [0, 0.05) is 23.1 Å². The van der Waals surface area contributed by atoms with Gasteiger partial charge in [-0.25, -0.2) is 4.98 Å². The van der Waals surface area contributed by atoms with E-state index < -0.39 is 41.6 Å². The molecule has 1 saturated carbocycles. The van der Waals surface area contributed by atoms with E-state index in [1.165, 1.54) is 11.3 Å². The van der Waals surface area contributed by atoms with Crippen LogP contribution >= 0.6 is 11.3 Å². The van der Waals surface area contributed by atoms with Crippen LogP contribution < -0.4 is 5.32 Å². The van der Waals surface area contributed by atoms with Gasteiger partial charge in [-0.15, -0.1) is 11.3 Å². The van der Waals surface area contributed by atoms with Crippen molar-refractivity contribution in [2.24, 2.45) is 5.92 Å². The van der Waals surface area contributed by atoms with Gasteiger partial charge in [-0.1, -0.05) is 49.6 Å². The molecule has 2 amide bonds. The molecule has 9 heteroatoms. The van der Waals surface area contributed by atoms with Crippen LogP contribution in [0.1, 0.15) is 43.4 Å². The Bertz CT molecular complexity index is 1030. The maximum absolute atomic E-state index is 13.5. The van der Waals surface area contributed by atoms with Crippen LogP contribution in [0.2, 0.25) is 0 Å². The second-order valence-electron chi connectivity index (χ2n) is 8.39. The van der Waals surface area contributed by atoms with Crippen molar-refractivity contribution in [2.45, 2.75) is 50.6 Å². The number of aliphatic carboxylic acids is 1. The van der Waals surface area contributed by atoms with Crippen LogP contribution in [0.5, 0.6) is 0 Å². The van der Waals surface area contributed by atoms with Crippen LogP contribution in [0.4, 0.5) is 0 Å². The van der Waals surface area contributed by atoms with Crippen LogP contribution in [-0.4, -0.2) is 50.6 Å². The monoisotopic (exact) mass is 455 g/mol. The molecule has 0 radical (unpaired) electrons. The first-order valence-corrected chi connectivity index (χ1v) is 11.6. The van der Waals surface area contributed by atoms with Crippen LogP contribution in [-0.2, 0) is 25.7 Å². The molecular formula is C23H25N3O5S. The van der Waals surface area contributed by atoms with Crippen molar-refractivity contribution in [3.05, 3.63) is 41.4 Å². The number of nitrogens with one attached hydrogen (secondary N) is 1. The Hall–Kier alpha value is -3.07. The predicted octanol–water partition coefficient (Wildman–Crippen LogP) is 2.63. The summed E-state index contributed by atoms with van der Waals surface area (Å²) in [6.07, 6.45) is 6.20. The lowest BCUT2D eigenvalue weighted by molar-refractivity contribution is -0.162. The molecule has 2 fully saturated rings. The van der Waals surface area contributed by atoms with Crippen molar-refractivity contribution in [1.29, 1.82) is 0 Å². The van der Waals surface area contributed by atoms with E-state index in [0.717, 1.165) is 47.6 Å². The maximum Gasteiger partial charge on any atom is 0.322 e. The molecule has 8 nitrogen and oxygen atoms in total. The van der Waals surface area contributed by atoms with Crippen molar-refractivity contribution in [3.63, 3.8) is 0 Å². The topological polar surface area (TPSA) is 117 Å². The lowest BCUT2D eigenvalue weighted by Gasteiger charge is -2.50. The number of benzene rings is 1. The van der Waals surface area contributed by atoms with Crippen LogP contribution in [0.25, 0.3) is 10.6 Å². The Kier molecular flexibility index (Phi) is 6.36. The number of likely N-dealkylation sites (tertiary alicyclic amines) is 1. The van der Waals surface area contributed by atoms with Crippen LogP contribution in [0.15, 0.2) is 36.5 Å². The van der Waals surface area contributed by atoms with Gasteiger partial charge in [0.05, 0.1) is 12.1 Å². The molecule has 1 saturated heterocycles. The second kappa shape index (κ2) is 9.20. The molecule has 2 aromatic rings. The summed E-state index contributed by atoms with van der Waals surface area (Å²) in [5, 5.41) is 11.9. The molecule has 2 aliphatic rings. The molecule has 1 aromatic carbocycles. The lowest BCUT2D eigenvalue weighted by Crippen LogP contribution is -2.63. The summed E-state index contributed by atoms with van der Waals surface area (Å²) in [6.45, 7) is -0.352. The highest BCUT2D eigenvalue weighted by molar-refractivity contribution is 7.15. The van der Waals surface area contributed by atoms with Gasteiger partial charge in [-0.2, -0.15) is 0 Å². The molecule has 32 heavy (non-hydrogen) atoms. The van der Waals surface area contributed by atoms with E-state index in [1.54, 1.807) is 11.1 Å². The third-order valence-corrected chi connectivity index (χ3v) is 7.29. The smallest absolute Gasteiger partial charge is 0.322 e. The standard InChI is InChI=1S/C23H25N3O5S/c27-17-11-23(9-5-2-6-10-23)26(22(31)19(17)20(30)24-13-18(28)29)14-16-12-25-21(32-16)15-7-3-1-4-8-15/h1,3-4,7-8,12,19H,2,5-6,9-11,13-14H2,(H,24,30)(H,28,29). The van der Waals surface area contributed by atoms with E-state index in [2.05, 4.69) is 10.3 Å². The van der Waals surface area contributed by atoms with Gasteiger partial charge >= 0.3 is 5.97 Å². The van der Waals surface area contributed by atoms with Crippen LogP contribution in [0, 0.1) is 5.92 Å². The number of thiazole rings is 1. The Morgan fingerprint density at radius 1 is 1.16 bits per heavy atom. The Morgan fingerprint density at radius 2 is 1.88 bits per heavy atom. The highest BCUT2D eigenvalue weighted by Gasteiger charge is 2.53. The largest absolute Gasteiger partial charge is 0.480 e.